The van der Waals surface area contributed by atoms with Gasteiger partial charge < -0.3 is 15.5 Å². The number of nitrogens with zero attached hydrogens (tertiary/aromatic N) is 1. The molecule has 0 aromatic carbocycles. The maximum Gasteiger partial charge on any atom is 0.317 e. The minimum atomic E-state index is 0.0962. The van der Waals surface area contributed by atoms with Gasteiger partial charge in [0.15, 0.2) is 0 Å². The van der Waals surface area contributed by atoms with Crippen LogP contribution in [0.3, 0.4) is 0 Å². The highest BCUT2D eigenvalue weighted by molar-refractivity contribution is 5.76. The molecule has 104 valence electrons. The summed E-state index contributed by atoms with van der Waals surface area (Å²) >= 11 is 0. The molecule has 0 unspecified atom stereocenters. The van der Waals surface area contributed by atoms with Crippen molar-refractivity contribution in [2.75, 3.05) is 26.2 Å². The van der Waals surface area contributed by atoms with E-state index in [0.717, 1.165) is 32.1 Å². The van der Waals surface area contributed by atoms with Crippen LogP contribution in [0.25, 0.3) is 0 Å². The summed E-state index contributed by atoms with van der Waals surface area (Å²) in [5.41, 5.74) is 0. The van der Waals surface area contributed by atoms with E-state index in [1.54, 1.807) is 0 Å². The molecule has 2 rings (SSSR count). The summed E-state index contributed by atoms with van der Waals surface area (Å²) in [5.74, 6) is 0.833. The van der Waals surface area contributed by atoms with Crippen LogP contribution in [0.1, 0.15) is 45.4 Å². The molecule has 18 heavy (non-hydrogen) atoms. The Hall–Kier alpha value is -0.770. The Morgan fingerprint density at radius 3 is 2.67 bits per heavy atom. The molecule has 1 aliphatic heterocycles. The summed E-state index contributed by atoms with van der Waals surface area (Å²) in [5, 5.41) is 6.44. The van der Waals surface area contributed by atoms with Gasteiger partial charge in [-0.3, -0.25) is 0 Å². The number of carbonyl (C=O) groups is 1. The largest absolute Gasteiger partial charge is 0.336 e. The first-order valence-corrected chi connectivity index (χ1v) is 7.53. The van der Waals surface area contributed by atoms with E-state index in [4.69, 9.17) is 0 Å². The van der Waals surface area contributed by atoms with Crippen molar-refractivity contribution < 1.29 is 4.79 Å². The van der Waals surface area contributed by atoms with Crippen molar-refractivity contribution in [2.24, 2.45) is 5.92 Å². The van der Waals surface area contributed by atoms with Crippen molar-refractivity contribution in [3.05, 3.63) is 0 Å². The number of rotatable bonds is 5. The highest BCUT2D eigenvalue weighted by Gasteiger charge is 2.21. The van der Waals surface area contributed by atoms with Gasteiger partial charge in [0.25, 0.3) is 0 Å². The third-order valence-electron chi connectivity index (χ3n) is 4.40. The first kappa shape index (κ1) is 13.7. The van der Waals surface area contributed by atoms with Crippen molar-refractivity contribution in [1.82, 2.24) is 15.5 Å². The summed E-state index contributed by atoms with van der Waals surface area (Å²) in [6, 6.07) is 0.688. The molecule has 1 heterocycles. The minimum absolute atomic E-state index is 0.0962. The first-order valence-electron chi connectivity index (χ1n) is 7.53. The van der Waals surface area contributed by atoms with Crippen LogP contribution in [0, 0.1) is 5.92 Å². The van der Waals surface area contributed by atoms with Crippen LogP contribution in [0.2, 0.25) is 0 Å². The lowest BCUT2D eigenvalue weighted by Crippen LogP contribution is -2.40. The maximum absolute atomic E-state index is 11.4. The van der Waals surface area contributed by atoms with Crippen LogP contribution >= 0.6 is 0 Å². The standard InChI is InChI=1S/C14H27N3O/c1-12(13-6-4-2-3-5-7-13)15-8-10-17-11-9-16-14(17)18/h12-13,15H,2-11H2,1H3,(H,16,18)/t12-/m1/s1. The number of hydrogen-bond acceptors (Lipinski definition) is 2. The van der Waals surface area contributed by atoms with E-state index in [9.17, 15) is 4.79 Å². The van der Waals surface area contributed by atoms with Crippen molar-refractivity contribution in [1.29, 1.82) is 0 Å². The Labute approximate surface area is 110 Å². The maximum atomic E-state index is 11.4. The molecule has 2 amide bonds. The molecule has 1 atom stereocenters. The molecule has 4 nitrogen and oxygen atoms in total. The Bertz CT molecular complexity index is 262. The Balaban J connectivity index is 1.64. The van der Waals surface area contributed by atoms with Crippen molar-refractivity contribution >= 4 is 6.03 Å². The van der Waals surface area contributed by atoms with E-state index < -0.39 is 0 Å². The molecule has 2 N–H and O–H groups in total. The molecule has 4 heteroatoms. The molecule has 0 aromatic rings. The number of amides is 2. The lowest BCUT2D eigenvalue weighted by molar-refractivity contribution is 0.215. The van der Waals surface area contributed by atoms with Crippen LogP contribution in [0.5, 0.6) is 0 Å². The number of urea groups is 1. The van der Waals surface area contributed by atoms with Gasteiger partial charge in [-0.25, -0.2) is 4.79 Å². The molecule has 1 saturated carbocycles. The predicted octanol–water partition coefficient (Wildman–Crippen LogP) is 1.96. The van der Waals surface area contributed by atoms with Crippen LogP contribution in [0.4, 0.5) is 4.79 Å². The fraction of sp³-hybridized carbons (Fsp3) is 0.929. The Morgan fingerprint density at radius 1 is 1.33 bits per heavy atom. The van der Waals surface area contributed by atoms with Crippen molar-refractivity contribution in [2.45, 2.75) is 51.5 Å². The highest BCUT2D eigenvalue weighted by Crippen LogP contribution is 2.25. The molecule has 1 saturated heterocycles. The van der Waals surface area contributed by atoms with E-state index in [1.807, 2.05) is 4.90 Å². The quantitative estimate of drug-likeness (QED) is 0.736. The van der Waals surface area contributed by atoms with Gasteiger partial charge in [0.1, 0.15) is 0 Å². The average molecular weight is 253 g/mol. The highest BCUT2D eigenvalue weighted by atomic mass is 16.2. The van der Waals surface area contributed by atoms with E-state index in [1.165, 1.54) is 38.5 Å². The van der Waals surface area contributed by atoms with Gasteiger partial charge in [0.05, 0.1) is 0 Å². The van der Waals surface area contributed by atoms with Crippen LogP contribution < -0.4 is 10.6 Å². The lowest BCUT2D eigenvalue weighted by Gasteiger charge is -2.24. The van der Waals surface area contributed by atoms with Crippen LogP contribution in [-0.4, -0.2) is 43.2 Å². The van der Waals surface area contributed by atoms with E-state index in [-0.39, 0.29) is 6.03 Å². The first-order chi connectivity index (χ1) is 8.77. The zero-order valence-corrected chi connectivity index (χ0v) is 11.6. The van der Waals surface area contributed by atoms with Crippen LogP contribution in [0.15, 0.2) is 0 Å². The third kappa shape index (κ3) is 3.87. The van der Waals surface area contributed by atoms with Gasteiger partial charge in [-0.1, -0.05) is 25.7 Å². The molecule has 0 bridgehead atoms. The minimum Gasteiger partial charge on any atom is -0.336 e. The molecule has 0 spiro atoms. The normalized spacial score (nSPS) is 23.8. The Morgan fingerprint density at radius 2 is 2.06 bits per heavy atom. The second-order valence-corrected chi connectivity index (χ2v) is 5.71. The number of carbonyl (C=O) groups excluding carboxylic acids is 1. The smallest absolute Gasteiger partial charge is 0.317 e. The second kappa shape index (κ2) is 6.98. The van der Waals surface area contributed by atoms with Crippen LogP contribution in [-0.2, 0) is 0 Å². The van der Waals surface area contributed by atoms with Gasteiger partial charge >= 0.3 is 6.03 Å². The predicted molar refractivity (Wildman–Crippen MR) is 73.6 cm³/mol. The molecule has 0 radical (unpaired) electrons. The van der Waals surface area contributed by atoms with Gasteiger partial charge in [0, 0.05) is 32.2 Å². The molecule has 0 aromatic heterocycles. The lowest BCUT2D eigenvalue weighted by atomic mass is 9.93. The zero-order valence-electron chi connectivity index (χ0n) is 11.6. The van der Waals surface area contributed by atoms with E-state index >= 15 is 0 Å². The van der Waals surface area contributed by atoms with Crippen molar-refractivity contribution in [3.63, 3.8) is 0 Å². The van der Waals surface area contributed by atoms with Gasteiger partial charge in [-0.05, 0) is 25.7 Å². The molecular weight excluding hydrogens is 226 g/mol. The molecule has 2 fully saturated rings. The van der Waals surface area contributed by atoms with E-state index in [2.05, 4.69) is 17.6 Å². The topological polar surface area (TPSA) is 44.4 Å². The average Bonchev–Trinajstić information content (AvgIpc) is 2.64. The van der Waals surface area contributed by atoms with Gasteiger partial charge in [-0.15, -0.1) is 0 Å². The SMILES string of the molecule is C[C@@H](NCCN1CCNC1=O)C1CCCCCC1. The van der Waals surface area contributed by atoms with Crippen molar-refractivity contribution in [3.8, 4) is 0 Å². The zero-order chi connectivity index (χ0) is 12.8. The monoisotopic (exact) mass is 253 g/mol. The second-order valence-electron chi connectivity index (χ2n) is 5.71. The molecule has 1 aliphatic carbocycles. The summed E-state index contributed by atoms with van der Waals surface area (Å²) < 4.78 is 0. The van der Waals surface area contributed by atoms with Gasteiger partial charge in [-0.2, -0.15) is 0 Å². The van der Waals surface area contributed by atoms with E-state index in [0.29, 0.717) is 6.04 Å². The molecular formula is C14H27N3O. The van der Waals surface area contributed by atoms with Gasteiger partial charge in [0.2, 0.25) is 0 Å². The number of hydrogen-bond donors (Lipinski definition) is 2. The summed E-state index contributed by atoms with van der Waals surface area (Å²) in [4.78, 5) is 13.3. The summed E-state index contributed by atoms with van der Waals surface area (Å²) in [6.45, 7) is 5.73. The third-order valence-corrected chi connectivity index (χ3v) is 4.40. The molecule has 2 aliphatic rings. The fourth-order valence-electron chi connectivity index (χ4n) is 3.13. The Kier molecular flexibility index (Phi) is 5.29. The summed E-state index contributed by atoms with van der Waals surface area (Å²) in [7, 11) is 0. The fourth-order valence-corrected chi connectivity index (χ4v) is 3.13. The number of nitrogens with one attached hydrogen (secondary N) is 2. The summed E-state index contributed by atoms with van der Waals surface area (Å²) in [6.07, 6.45) is 8.36.